The molecule has 0 atom stereocenters. The molecule has 0 heterocycles. The summed E-state index contributed by atoms with van der Waals surface area (Å²) >= 11 is 0. The van der Waals surface area contributed by atoms with Gasteiger partial charge in [0, 0.05) is 0 Å². The highest BCUT2D eigenvalue weighted by molar-refractivity contribution is 6.36. The molecule has 0 fully saturated rings. The first-order chi connectivity index (χ1) is 6.19. The second kappa shape index (κ2) is 3.98. The Morgan fingerprint density at radius 3 is 2.62 bits per heavy atom. The quantitative estimate of drug-likeness (QED) is 0.479. The van der Waals surface area contributed by atoms with Crippen LogP contribution in [0.4, 0.5) is 0 Å². The molecule has 2 radical (unpaired) electrons. The summed E-state index contributed by atoms with van der Waals surface area (Å²) in [5.74, 6) is 0.117. The molecule has 4 heteroatoms. The van der Waals surface area contributed by atoms with Gasteiger partial charge in [0.15, 0.2) is 0 Å². The van der Waals surface area contributed by atoms with Gasteiger partial charge in [-0.1, -0.05) is 11.5 Å². The fourth-order valence-electron chi connectivity index (χ4n) is 0.949. The van der Waals surface area contributed by atoms with E-state index in [0.29, 0.717) is 16.8 Å². The molecule has 0 aliphatic rings. The molecular formula is C9H9BO3. The average Bonchev–Trinajstić information content (AvgIpc) is 2.17. The molecule has 0 unspecified atom stereocenters. The average molecular weight is 176 g/mol. The van der Waals surface area contributed by atoms with Gasteiger partial charge in [0.1, 0.15) is 13.6 Å². The lowest BCUT2D eigenvalue weighted by atomic mass is 9.90. The van der Waals surface area contributed by atoms with Gasteiger partial charge in [0.2, 0.25) is 0 Å². The van der Waals surface area contributed by atoms with Crippen LogP contribution in [-0.4, -0.2) is 28.0 Å². The number of hydrogen-bond donors (Lipinski definition) is 0. The van der Waals surface area contributed by atoms with E-state index in [2.05, 4.69) is 4.74 Å². The Balaban J connectivity index is 3.11. The summed E-state index contributed by atoms with van der Waals surface area (Å²) in [4.78, 5) is 11.1. The number of carbonyl (C=O) groups is 1. The third kappa shape index (κ3) is 2.02. The fourth-order valence-corrected chi connectivity index (χ4v) is 0.949. The van der Waals surface area contributed by atoms with Gasteiger partial charge in [-0.3, -0.25) is 0 Å². The van der Waals surface area contributed by atoms with Gasteiger partial charge in [-0.25, -0.2) is 4.79 Å². The molecule has 0 spiro atoms. The van der Waals surface area contributed by atoms with Gasteiger partial charge in [-0.15, -0.1) is 0 Å². The van der Waals surface area contributed by atoms with Gasteiger partial charge < -0.3 is 9.47 Å². The van der Waals surface area contributed by atoms with E-state index >= 15 is 0 Å². The highest BCUT2D eigenvalue weighted by Crippen LogP contribution is 2.10. The minimum atomic E-state index is -0.462. The van der Waals surface area contributed by atoms with Crippen molar-refractivity contribution in [2.24, 2.45) is 0 Å². The highest BCUT2D eigenvalue weighted by Gasteiger charge is 2.09. The van der Waals surface area contributed by atoms with Gasteiger partial charge in [-0.2, -0.15) is 0 Å². The zero-order chi connectivity index (χ0) is 9.84. The Hall–Kier alpha value is -1.45. The predicted molar refractivity (Wildman–Crippen MR) is 49.7 cm³/mol. The van der Waals surface area contributed by atoms with E-state index in [1.54, 1.807) is 18.2 Å². The van der Waals surface area contributed by atoms with Crippen molar-refractivity contribution in [1.29, 1.82) is 0 Å². The Morgan fingerprint density at radius 1 is 1.38 bits per heavy atom. The number of rotatable bonds is 2. The van der Waals surface area contributed by atoms with Crippen molar-refractivity contribution in [1.82, 2.24) is 0 Å². The standard InChI is InChI=1S/C9H9BO3/c1-12-6-3-4-8(10)7(5-6)9(11)13-2/h3-5H,1-2H3. The van der Waals surface area contributed by atoms with E-state index < -0.39 is 5.97 Å². The smallest absolute Gasteiger partial charge is 0.337 e. The molecule has 0 saturated heterocycles. The van der Waals surface area contributed by atoms with E-state index in [1.807, 2.05) is 0 Å². The predicted octanol–water partition coefficient (Wildman–Crippen LogP) is 0.276. The van der Waals surface area contributed by atoms with Crippen LogP contribution < -0.4 is 10.2 Å². The number of esters is 1. The molecule has 0 aromatic heterocycles. The van der Waals surface area contributed by atoms with Gasteiger partial charge >= 0.3 is 5.97 Å². The molecule has 0 N–H and O–H groups in total. The molecule has 3 nitrogen and oxygen atoms in total. The van der Waals surface area contributed by atoms with Crippen LogP contribution >= 0.6 is 0 Å². The summed E-state index contributed by atoms with van der Waals surface area (Å²) in [5.41, 5.74) is 0.703. The highest BCUT2D eigenvalue weighted by atomic mass is 16.5. The molecule has 1 aromatic carbocycles. The first kappa shape index (κ1) is 9.64. The molecule has 13 heavy (non-hydrogen) atoms. The van der Waals surface area contributed by atoms with Crippen LogP contribution in [0.5, 0.6) is 5.75 Å². The summed E-state index contributed by atoms with van der Waals surface area (Å²) in [6, 6.07) is 4.83. The molecular weight excluding hydrogens is 167 g/mol. The molecule has 0 aliphatic carbocycles. The van der Waals surface area contributed by atoms with Gasteiger partial charge in [0.05, 0.1) is 19.8 Å². The lowest BCUT2D eigenvalue weighted by molar-refractivity contribution is 0.0602. The third-order valence-electron chi connectivity index (χ3n) is 1.67. The van der Waals surface area contributed by atoms with Crippen LogP contribution in [0, 0.1) is 0 Å². The molecule has 0 saturated carbocycles. The van der Waals surface area contributed by atoms with Crippen molar-refractivity contribution in [2.45, 2.75) is 0 Å². The van der Waals surface area contributed by atoms with Crippen molar-refractivity contribution in [3.63, 3.8) is 0 Å². The zero-order valence-corrected chi connectivity index (χ0v) is 7.53. The number of ether oxygens (including phenoxy) is 2. The first-order valence-electron chi connectivity index (χ1n) is 3.71. The Kier molecular flexibility index (Phi) is 2.95. The van der Waals surface area contributed by atoms with E-state index in [4.69, 9.17) is 12.6 Å². The van der Waals surface area contributed by atoms with Gasteiger partial charge in [0.25, 0.3) is 0 Å². The first-order valence-corrected chi connectivity index (χ1v) is 3.71. The summed E-state index contributed by atoms with van der Waals surface area (Å²) in [6.07, 6.45) is 0. The summed E-state index contributed by atoms with van der Waals surface area (Å²) in [5, 5.41) is 0. The van der Waals surface area contributed by atoms with Crippen LogP contribution in [0.1, 0.15) is 10.4 Å². The molecule has 0 amide bonds. The summed E-state index contributed by atoms with van der Waals surface area (Å²) < 4.78 is 9.48. The topological polar surface area (TPSA) is 35.5 Å². The Morgan fingerprint density at radius 2 is 2.08 bits per heavy atom. The molecule has 0 aliphatic heterocycles. The van der Waals surface area contributed by atoms with E-state index in [-0.39, 0.29) is 0 Å². The van der Waals surface area contributed by atoms with Crippen molar-refractivity contribution in [3.8, 4) is 5.75 Å². The van der Waals surface area contributed by atoms with E-state index in [9.17, 15) is 4.79 Å². The number of benzene rings is 1. The maximum absolute atomic E-state index is 11.1. The monoisotopic (exact) mass is 176 g/mol. The van der Waals surface area contributed by atoms with Crippen LogP contribution in [-0.2, 0) is 4.74 Å². The summed E-state index contributed by atoms with van der Waals surface area (Å²) in [6.45, 7) is 0. The van der Waals surface area contributed by atoms with Crippen LogP contribution in [0.15, 0.2) is 18.2 Å². The Labute approximate surface area is 78.1 Å². The van der Waals surface area contributed by atoms with E-state index in [0.717, 1.165) is 0 Å². The molecule has 0 bridgehead atoms. The normalized spacial score (nSPS) is 9.38. The minimum absolute atomic E-state index is 0.321. The van der Waals surface area contributed by atoms with Crippen molar-refractivity contribution in [2.75, 3.05) is 14.2 Å². The molecule has 66 valence electrons. The van der Waals surface area contributed by atoms with Crippen molar-refractivity contribution in [3.05, 3.63) is 23.8 Å². The van der Waals surface area contributed by atoms with E-state index in [1.165, 1.54) is 14.2 Å². The molecule has 1 aromatic rings. The second-order valence-electron chi connectivity index (χ2n) is 2.44. The molecule has 1 rings (SSSR count). The third-order valence-corrected chi connectivity index (χ3v) is 1.67. The largest absolute Gasteiger partial charge is 0.497 e. The van der Waals surface area contributed by atoms with Gasteiger partial charge in [-0.05, 0) is 12.1 Å². The van der Waals surface area contributed by atoms with Crippen LogP contribution in [0.3, 0.4) is 0 Å². The number of methoxy groups -OCH3 is 2. The zero-order valence-electron chi connectivity index (χ0n) is 7.53. The minimum Gasteiger partial charge on any atom is -0.497 e. The fraction of sp³-hybridized carbons (Fsp3) is 0.222. The van der Waals surface area contributed by atoms with Crippen molar-refractivity contribution >= 4 is 19.3 Å². The van der Waals surface area contributed by atoms with Crippen molar-refractivity contribution < 1.29 is 14.3 Å². The van der Waals surface area contributed by atoms with Crippen LogP contribution in [0.2, 0.25) is 0 Å². The second-order valence-corrected chi connectivity index (χ2v) is 2.44. The number of carbonyl (C=O) groups excluding carboxylic acids is 1. The summed E-state index contributed by atoms with van der Waals surface area (Å²) in [7, 11) is 8.39. The lowest BCUT2D eigenvalue weighted by Gasteiger charge is -2.06. The Bertz CT molecular complexity index is 323. The maximum atomic E-state index is 11.1. The van der Waals surface area contributed by atoms with Crippen LogP contribution in [0.25, 0.3) is 0 Å². The number of hydrogen-bond acceptors (Lipinski definition) is 3. The maximum Gasteiger partial charge on any atom is 0.337 e. The SMILES string of the molecule is [B]c1ccc(OC)cc1C(=O)OC. The lowest BCUT2D eigenvalue weighted by Crippen LogP contribution is -2.16.